The quantitative estimate of drug-likeness (QED) is 0.791. The molecule has 0 fully saturated rings. The van der Waals surface area contributed by atoms with Crippen molar-refractivity contribution in [1.82, 2.24) is 0 Å². The Balaban J connectivity index is 2.50. The zero-order valence-electron chi connectivity index (χ0n) is 8.96. The van der Waals surface area contributed by atoms with Gasteiger partial charge in [0, 0.05) is 4.47 Å². The second kappa shape index (κ2) is 5.52. The number of halogens is 1. The van der Waals surface area contributed by atoms with Crippen LogP contribution in [0.1, 0.15) is 26.3 Å². The molecule has 1 aromatic rings. The van der Waals surface area contributed by atoms with Crippen LogP contribution in [-0.2, 0) is 11.3 Å². The van der Waals surface area contributed by atoms with E-state index in [-0.39, 0.29) is 0 Å². The summed E-state index contributed by atoms with van der Waals surface area (Å²) in [6.07, 6.45) is 0.308. The summed E-state index contributed by atoms with van der Waals surface area (Å²) in [5.74, 6) is 0.567. The van der Waals surface area contributed by atoms with E-state index in [1.54, 1.807) is 0 Å². The molecule has 0 heterocycles. The normalized spacial score (nSPS) is 13.2. The van der Waals surface area contributed by atoms with E-state index < -0.39 is 0 Å². The van der Waals surface area contributed by atoms with Gasteiger partial charge in [0.25, 0.3) is 0 Å². The van der Waals surface area contributed by atoms with Gasteiger partial charge in [0.1, 0.15) is 0 Å². The summed E-state index contributed by atoms with van der Waals surface area (Å²) in [6, 6.07) is 8.17. The molecular weight excluding hydrogens is 240 g/mol. The van der Waals surface area contributed by atoms with Gasteiger partial charge in [0.05, 0.1) is 12.7 Å². The molecule has 0 saturated heterocycles. The maximum atomic E-state index is 5.74. The lowest BCUT2D eigenvalue weighted by Crippen LogP contribution is -2.15. The van der Waals surface area contributed by atoms with Gasteiger partial charge < -0.3 is 4.74 Å². The van der Waals surface area contributed by atoms with Crippen molar-refractivity contribution in [3.63, 3.8) is 0 Å². The Hall–Kier alpha value is -0.340. The summed E-state index contributed by atoms with van der Waals surface area (Å²) in [5.41, 5.74) is 1.21. The van der Waals surface area contributed by atoms with Gasteiger partial charge in [-0.15, -0.1) is 0 Å². The molecule has 78 valence electrons. The molecule has 1 atom stereocenters. The van der Waals surface area contributed by atoms with E-state index in [1.165, 1.54) is 5.56 Å². The summed E-state index contributed by atoms with van der Waals surface area (Å²) in [7, 11) is 0. The monoisotopic (exact) mass is 256 g/mol. The van der Waals surface area contributed by atoms with E-state index in [1.807, 2.05) is 18.2 Å². The SMILES string of the molecule is CC(C)C(C)OCc1ccccc1Br. The second-order valence-corrected chi connectivity index (χ2v) is 4.71. The Bertz CT molecular complexity index is 283. The number of hydrogen-bond acceptors (Lipinski definition) is 1. The first-order chi connectivity index (χ1) is 6.61. The molecule has 0 aliphatic rings. The Kier molecular flexibility index (Phi) is 4.63. The Morgan fingerprint density at radius 1 is 1.21 bits per heavy atom. The Labute approximate surface area is 94.6 Å². The minimum absolute atomic E-state index is 0.308. The van der Waals surface area contributed by atoms with E-state index in [0.29, 0.717) is 18.6 Å². The predicted molar refractivity (Wildman–Crippen MR) is 63.2 cm³/mol. The highest BCUT2D eigenvalue weighted by Gasteiger charge is 2.07. The standard InChI is InChI=1S/C12H17BrO/c1-9(2)10(3)14-8-11-6-4-5-7-12(11)13/h4-7,9-10H,8H2,1-3H3. The van der Waals surface area contributed by atoms with Crippen LogP contribution in [0.25, 0.3) is 0 Å². The van der Waals surface area contributed by atoms with Crippen LogP contribution in [0.15, 0.2) is 28.7 Å². The molecule has 1 nitrogen and oxygen atoms in total. The molecule has 2 heteroatoms. The second-order valence-electron chi connectivity index (χ2n) is 3.85. The largest absolute Gasteiger partial charge is 0.374 e. The van der Waals surface area contributed by atoms with E-state index in [2.05, 4.69) is 42.8 Å². The number of rotatable bonds is 4. The van der Waals surface area contributed by atoms with Crippen LogP contribution in [0.5, 0.6) is 0 Å². The molecule has 0 N–H and O–H groups in total. The first-order valence-electron chi connectivity index (χ1n) is 4.96. The molecule has 0 bridgehead atoms. The molecule has 0 aliphatic heterocycles. The van der Waals surface area contributed by atoms with Crippen molar-refractivity contribution < 1.29 is 4.74 Å². The van der Waals surface area contributed by atoms with E-state index in [4.69, 9.17) is 4.74 Å². The summed E-state index contributed by atoms with van der Waals surface area (Å²) in [6.45, 7) is 7.14. The summed E-state index contributed by atoms with van der Waals surface area (Å²) >= 11 is 3.50. The van der Waals surface area contributed by atoms with Crippen LogP contribution >= 0.6 is 15.9 Å². The van der Waals surface area contributed by atoms with E-state index in [0.717, 1.165) is 4.47 Å². The van der Waals surface area contributed by atoms with Crippen LogP contribution < -0.4 is 0 Å². The number of benzene rings is 1. The molecule has 0 aromatic heterocycles. The summed E-state index contributed by atoms with van der Waals surface area (Å²) < 4.78 is 6.86. The first kappa shape index (κ1) is 11.7. The maximum Gasteiger partial charge on any atom is 0.0731 e. The Morgan fingerprint density at radius 3 is 2.43 bits per heavy atom. The van der Waals surface area contributed by atoms with Gasteiger partial charge in [-0.2, -0.15) is 0 Å². The topological polar surface area (TPSA) is 9.23 Å². The Morgan fingerprint density at radius 2 is 1.86 bits per heavy atom. The van der Waals surface area contributed by atoms with Gasteiger partial charge in [-0.05, 0) is 24.5 Å². The van der Waals surface area contributed by atoms with Gasteiger partial charge in [0.15, 0.2) is 0 Å². The maximum absolute atomic E-state index is 5.74. The molecule has 0 saturated carbocycles. The average Bonchev–Trinajstić information content (AvgIpc) is 2.16. The molecule has 14 heavy (non-hydrogen) atoms. The van der Waals surface area contributed by atoms with Crippen molar-refractivity contribution in [3.8, 4) is 0 Å². The number of hydrogen-bond donors (Lipinski definition) is 0. The zero-order valence-corrected chi connectivity index (χ0v) is 10.5. The van der Waals surface area contributed by atoms with Gasteiger partial charge >= 0.3 is 0 Å². The third-order valence-electron chi connectivity index (χ3n) is 2.40. The smallest absolute Gasteiger partial charge is 0.0731 e. The average molecular weight is 257 g/mol. The van der Waals surface area contributed by atoms with Crippen molar-refractivity contribution >= 4 is 15.9 Å². The van der Waals surface area contributed by atoms with Crippen molar-refractivity contribution in [2.75, 3.05) is 0 Å². The van der Waals surface area contributed by atoms with Gasteiger partial charge in [-0.3, -0.25) is 0 Å². The van der Waals surface area contributed by atoms with E-state index in [9.17, 15) is 0 Å². The highest BCUT2D eigenvalue weighted by molar-refractivity contribution is 9.10. The predicted octanol–water partition coefficient (Wildman–Crippen LogP) is 4.01. The van der Waals surface area contributed by atoms with Crippen LogP contribution in [0, 0.1) is 5.92 Å². The van der Waals surface area contributed by atoms with Crippen molar-refractivity contribution in [1.29, 1.82) is 0 Å². The minimum atomic E-state index is 0.308. The zero-order chi connectivity index (χ0) is 10.6. The van der Waals surface area contributed by atoms with Crippen LogP contribution in [0.2, 0.25) is 0 Å². The fourth-order valence-corrected chi connectivity index (χ4v) is 1.43. The lowest BCUT2D eigenvalue weighted by Gasteiger charge is -2.16. The third kappa shape index (κ3) is 3.43. The minimum Gasteiger partial charge on any atom is -0.374 e. The lowest BCUT2D eigenvalue weighted by molar-refractivity contribution is 0.0232. The van der Waals surface area contributed by atoms with Crippen molar-refractivity contribution in [3.05, 3.63) is 34.3 Å². The molecular formula is C12H17BrO. The molecule has 1 unspecified atom stereocenters. The summed E-state index contributed by atoms with van der Waals surface area (Å²) in [4.78, 5) is 0. The molecule has 0 spiro atoms. The fraction of sp³-hybridized carbons (Fsp3) is 0.500. The van der Waals surface area contributed by atoms with Gasteiger partial charge in [0.2, 0.25) is 0 Å². The molecule has 0 radical (unpaired) electrons. The number of ether oxygens (including phenoxy) is 1. The first-order valence-corrected chi connectivity index (χ1v) is 5.75. The highest BCUT2D eigenvalue weighted by Crippen LogP contribution is 2.18. The molecule has 0 aliphatic carbocycles. The molecule has 1 aromatic carbocycles. The third-order valence-corrected chi connectivity index (χ3v) is 3.17. The van der Waals surface area contributed by atoms with Gasteiger partial charge in [-0.25, -0.2) is 0 Å². The molecule has 1 rings (SSSR count). The van der Waals surface area contributed by atoms with Crippen LogP contribution in [0.3, 0.4) is 0 Å². The molecule has 0 amide bonds. The fourth-order valence-electron chi connectivity index (χ4n) is 1.03. The van der Waals surface area contributed by atoms with Gasteiger partial charge in [-0.1, -0.05) is 48.0 Å². The highest BCUT2D eigenvalue weighted by atomic mass is 79.9. The van der Waals surface area contributed by atoms with Crippen molar-refractivity contribution in [2.24, 2.45) is 5.92 Å². The summed E-state index contributed by atoms with van der Waals surface area (Å²) in [5, 5.41) is 0. The van der Waals surface area contributed by atoms with E-state index >= 15 is 0 Å². The van der Waals surface area contributed by atoms with Crippen LogP contribution in [0.4, 0.5) is 0 Å². The van der Waals surface area contributed by atoms with Crippen molar-refractivity contribution in [2.45, 2.75) is 33.5 Å². The lowest BCUT2D eigenvalue weighted by atomic mass is 10.1. The van der Waals surface area contributed by atoms with Crippen LogP contribution in [-0.4, -0.2) is 6.10 Å².